The van der Waals surface area contributed by atoms with Gasteiger partial charge in [-0.05, 0) is 62.2 Å². The van der Waals surface area contributed by atoms with Crippen LogP contribution in [0, 0.1) is 13.8 Å². The SMILES string of the molecule is COc1ccc(C(=O)C(C)Sc2nnc(COc3cc(C)ccc3C)o2)cc1. The summed E-state index contributed by atoms with van der Waals surface area (Å²) in [5, 5.41) is 7.99. The molecule has 0 spiro atoms. The standard InChI is InChI=1S/C21H22N2O4S/c1-13-5-6-14(2)18(11-13)26-12-19-22-23-21(27-19)28-15(3)20(24)16-7-9-17(25-4)10-8-16/h5-11,15H,12H2,1-4H3. The average molecular weight is 398 g/mol. The summed E-state index contributed by atoms with van der Waals surface area (Å²) in [6.07, 6.45) is 0. The topological polar surface area (TPSA) is 74.5 Å². The lowest BCUT2D eigenvalue weighted by atomic mass is 10.1. The van der Waals surface area contributed by atoms with E-state index < -0.39 is 0 Å². The molecule has 28 heavy (non-hydrogen) atoms. The molecule has 1 heterocycles. The van der Waals surface area contributed by atoms with Crippen molar-refractivity contribution in [3.8, 4) is 11.5 Å². The van der Waals surface area contributed by atoms with Crippen LogP contribution in [0.4, 0.5) is 0 Å². The second kappa shape index (κ2) is 8.93. The van der Waals surface area contributed by atoms with Crippen LogP contribution in [0.2, 0.25) is 0 Å². The van der Waals surface area contributed by atoms with Crippen molar-refractivity contribution in [1.29, 1.82) is 0 Å². The summed E-state index contributed by atoms with van der Waals surface area (Å²) in [6.45, 7) is 5.98. The Kier molecular flexibility index (Phi) is 6.36. The van der Waals surface area contributed by atoms with Gasteiger partial charge in [-0.15, -0.1) is 10.2 Å². The highest BCUT2D eigenvalue weighted by atomic mass is 32.2. The van der Waals surface area contributed by atoms with Crippen molar-refractivity contribution in [3.05, 3.63) is 65.0 Å². The van der Waals surface area contributed by atoms with E-state index in [0.29, 0.717) is 22.4 Å². The van der Waals surface area contributed by atoms with E-state index in [9.17, 15) is 4.79 Å². The Hall–Kier alpha value is -2.80. The van der Waals surface area contributed by atoms with Gasteiger partial charge >= 0.3 is 0 Å². The van der Waals surface area contributed by atoms with E-state index in [1.54, 1.807) is 31.4 Å². The van der Waals surface area contributed by atoms with E-state index in [4.69, 9.17) is 13.9 Å². The zero-order valence-corrected chi connectivity index (χ0v) is 17.1. The number of benzene rings is 2. The van der Waals surface area contributed by atoms with E-state index in [2.05, 4.69) is 10.2 Å². The first-order chi connectivity index (χ1) is 13.5. The van der Waals surface area contributed by atoms with Crippen LogP contribution in [0.25, 0.3) is 0 Å². The Labute approximate surface area is 168 Å². The van der Waals surface area contributed by atoms with Crippen LogP contribution in [0.1, 0.15) is 34.3 Å². The van der Waals surface area contributed by atoms with Crippen molar-refractivity contribution in [2.45, 2.75) is 37.9 Å². The molecule has 1 aromatic heterocycles. The lowest BCUT2D eigenvalue weighted by molar-refractivity contribution is 0.0993. The number of nitrogens with zero attached hydrogens (tertiary/aromatic N) is 2. The molecule has 2 aromatic carbocycles. The van der Waals surface area contributed by atoms with Crippen LogP contribution in [0.15, 0.2) is 52.1 Å². The number of ketones is 1. The first kappa shape index (κ1) is 19.9. The van der Waals surface area contributed by atoms with E-state index in [1.165, 1.54) is 11.8 Å². The van der Waals surface area contributed by atoms with Gasteiger partial charge in [-0.3, -0.25) is 4.79 Å². The third kappa shape index (κ3) is 4.92. The van der Waals surface area contributed by atoms with E-state index in [-0.39, 0.29) is 17.6 Å². The molecule has 0 saturated carbocycles. The fourth-order valence-electron chi connectivity index (χ4n) is 2.54. The molecule has 6 nitrogen and oxygen atoms in total. The molecule has 0 aliphatic rings. The molecule has 0 aliphatic carbocycles. The van der Waals surface area contributed by atoms with Crippen LogP contribution in [-0.4, -0.2) is 28.3 Å². The minimum atomic E-state index is -0.360. The highest BCUT2D eigenvalue weighted by molar-refractivity contribution is 8.00. The van der Waals surface area contributed by atoms with Gasteiger partial charge in [0.1, 0.15) is 11.5 Å². The second-order valence-electron chi connectivity index (χ2n) is 6.37. The molecule has 0 aliphatic heterocycles. The Morgan fingerprint density at radius 2 is 1.89 bits per heavy atom. The summed E-state index contributed by atoms with van der Waals surface area (Å²) in [4.78, 5) is 12.6. The van der Waals surface area contributed by atoms with Gasteiger partial charge in [-0.2, -0.15) is 0 Å². The summed E-state index contributed by atoms with van der Waals surface area (Å²) in [5.74, 6) is 1.85. The number of Topliss-reactive ketones (excluding diaryl/α,β-unsaturated/α-hetero) is 1. The zero-order valence-electron chi connectivity index (χ0n) is 16.3. The van der Waals surface area contributed by atoms with Gasteiger partial charge in [0.05, 0.1) is 12.4 Å². The number of thioether (sulfide) groups is 1. The monoisotopic (exact) mass is 398 g/mol. The molecule has 146 valence electrons. The van der Waals surface area contributed by atoms with Gasteiger partial charge in [0.15, 0.2) is 12.4 Å². The van der Waals surface area contributed by atoms with Crippen molar-refractivity contribution in [2.75, 3.05) is 7.11 Å². The molecular weight excluding hydrogens is 376 g/mol. The van der Waals surface area contributed by atoms with Crippen molar-refractivity contribution < 1.29 is 18.7 Å². The van der Waals surface area contributed by atoms with Crippen molar-refractivity contribution in [1.82, 2.24) is 10.2 Å². The van der Waals surface area contributed by atoms with Crippen molar-refractivity contribution >= 4 is 17.5 Å². The number of rotatable bonds is 8. The first-order valence-electron chi connectivity index (χ1n) is 8.83. The van der Waals surface area contributed by atoms with Crippen LogP contribution >= 0.6 is 11.8 Å². The van der Waals surface area contributed by atoms with Crippen LogP contribution < -0.4 is 9.47 Å². The van der Waals surface area contributed by atoms with Gasteiger partial charge in [0.25, 0.3) is 11.1 Å². The lowest BCUT2D eigenvalue weighted by Crippen LogP contribution is -2.13. The molecule has 0 radical (unpaired) electrons. The van der Waals surface area contributed by atoms with Crippen LogP contribution in [0.3, 0.4) is 0 Å². The number of aromatic nitrogens is 2. The Morgan fingerprint density at radius 3 is 2.61 bits per heavy atom. The predicted octanol–water partition coefficient (Wildman–Crippen LogP) is 4.64. The van der Waals surface area contributed by atoms with E-state index >= 15 is 0 Å². The largest absolute Gasteiger partial charge is 0.497 e. The summed E-state index contributed by atoms with van der Waals surface area (Å²) >= 11 is 1.23. The highest BCUT2D eigenvalue weighted by Crippen LogP contribution is 2.26. The predicted molar refractivity (Wildman–Crippen MR) is 107 cm³/mol. The summed E-state index contributed by atoms with van der Waals surface area (Å²) < 4.78 is 16.5. The molecule has 0 fully saturated rings. The number of hydrogen-bond donors (Lipinski definition) is 0. The average Bonchev–Trinajstić information content (AvgIpc) is 3.15. The number of methoxy groups -OCH3 is 1. The third-order valence-electron chi connectivity index (χ3n) is 4.16. The Balaban J connectivity index is 1.58. The number of aryl methyl sites for hydroxylation is 2. The molecule has 0 amide bonds. The lowest BCUT2D eigenvalue weighted by Gasteiger charge is -2.08. The Bertz CT molecular complexity index is 953. The van der Waals surface area contributed by atoms with Crippen LogP contribution in [0.5, 0.6) is 11.5 Å². The molecule has 1 atom stereocenters. The quantitative estimate of drug-likeness (QED) is 0.404. The maximum Gasteiger partial charge on any atom is 0.277 e. The van der Waals surface area contributed by atoms with Gasteiger partial charge in [-0.25, -0.2) is 0 Å². The third-order valence-corrected chi connectivity index (χ3v) is 5.10. The van der Waals surface area contributed by atoms with Gasteiger partial charge in [-0.1, -0.05) is 23.9 Å². The number of hydrogen-bond acceptors (Lipinski definition) is 7. The maximum absolute atomic E-state index is 12.6. The molecule has 0 saturated heterocycles. The molecule has 1 unspecified atom stereocenters. The molecule has 3 rings (SSSR count). The summed E-state index contributed by atoms with van der Waals surface area (Å²) in [6, 6.07) is 13.0. The van der Waals surface area contributed by atoms with Gasteiger partial charge < -0.3 is 13.9 Å². The summed E-state index contributed by atoms with van der Waals surface area (Å²) in [7, 11) is 1.59. The van der Waals surface area contributed by atoms with E-state index in [1.807, 2.05) is 39.0 Å². The number of carbonyl (C=O) groups excluding carboxylic acids is 1. The van der Waals surface area contributed by atoms with Crippen LogP contribution in [-0.2, 0) is 6.61 Å². The molecule has 0 N–H and O–H groups in total. The Morgan fingerprint density at radius 1 is 1.14 bits per heavy atom. The normalized spacial score (nSPS) is 11.9. The van der Waals surface area contributed by atoms with Gasteiger partial charge in [0.2, 0.25) is 0 Å². The minimum absolute atomic E-state index is 0.0148. The van der Waals surface area contributed by atoms with Gasteiger partial charge in [0, 0.05) is 5.56 Å². The minimum Gasteiger partial charge on any atom is -0.497 e. The number of ether oxygens (including phenoxy) is 2. The molecule has 3 aromatic rings. The molecular formula is C21H22N2O4S. The second-order valence-corrected chi connectivity index (χ2v) is 7.66. The maximum atomic E-state index is 12.6. The number of carbonyl (C=O) groups is 1. The molecule has 0 bridgehead atoms. The fraction of sp³-hybridized carbons (Fsp3) is 0.286. The van der Waals surface area contributed by atoms with E-state index in [0.717, 1.165) is 16.9 Å². The smallest absolute Gasteiger partial charge is 0.277 e. The highest BCUT2D eigenvalue weighted by Gasteiger charge is 2.20. The summed E-state index contributed by atoms with van der Waals surface area (Å²) in [5.41, 5.74) is 2.77. The zero-order chi connectivity index (χ0) is 20.1. The van der Waals surface area contributed by atoms with Crippen molar-refractivity contribution in [2.24, 2.45) is 0 Å². The molecule has 7 heteroatoms. The fourth-order valence-corrected chi connectivity index (χ4v) is 3.32. The van der Waals surface area contributed by atoms with Crippen molar-refractivity contribution in [3.63, 3.8) is 0 Å². The first-order valence-corrected chi connectivity index (χ1v) is 9.71.